The highest BCUT2D eigenvalue weighted by molar-refractivity contribution is 9.10. The molecule has 1 aliphatic heterocycles. The Balaban J connectivity index is 1.66. The lowest BCUT2D eigenvalue weighted by Gasteiger charge is -2.21. The van der Waals surface area contributed by atoms with Gasteiger partial charge in [0.2, 0.25) is 5.52 Å². The summed E-state index contributed by atoms with van der Waals surface area (Å²) in [6.45, 7) is 0.979. The molecule has 0 aliphatic carbocycles. The summed E-state index contributed by atoms with van der Waals surface area (Å²) in [5.74, 6) is 0. The fourth-order valence-corrected chi connectivity index (χ4v) is 4.96. The van der Waals surface area contributed by atoms with Crippen LogP contribution in [-0.4, -0.2) is 24.9 Å². The van der Waals surface area contributed by atoms with Gasteiger partial charge in [-0.3, -0.25) is 0 Å². The third kappa shape index (κ3) is 4.26. The number of halogens is 1. The van der Waals surface area contributed by atoms with E-state index in [0.29, 0.717) is 13.1 Å². The fourth-order valence-electron chi connectivity index (χ4n) is 3.51. The number of anilines is 1. The van der Waals surface area contributed by atoms with E-state index in [1.54, 1.807) is 11.8 Å². The average molecular weight is 469 g/mol. The molecule has 0 saturated carbocycles. The van der Waals surface area contributed by atoms with Gasteiger partial charge in [0, 0.05) is 28.0 Å². The van der Waals surface area contributed by atoms with Crippen molar-refractivity contribution in [3.05, 3.63) is 81.9 Å². The third-order valence-corrected chi connectivity index (χ3v) is 6.45. The Kier molecular flexibility index (Phi) is 6.35. The maximum atomic E-state index is 11.3. The second-order valence-corrected chi connectivity index (χ2v) is 8.62. The summed E-state index contributed by atoms with van der Waals surface area (Å²) in [7, 11) is 0. The number of rotatable bonds is 6. The Morgan fingerprint density at radius 2 is 2.03 bits per heavy atom. The van der Waals surface area contributed by atoms with E-state index in [0.717, 1.165) is 31.7 Å². The molecule has 0 saturated heterocycles. The molecule has 4 nitrogen and oxygen atoms in total. The Bertz CT molecular complexity index is 1100. The Hall–Kier alpha value is -2.12. The molecular weight excluding hydrogens is 448 g/mol. The summed E-state index contributed by atoms with van der Waals surface area (Å²) < 4.78 is 3.06. The van der Waals surface area contributed by atoms with Gasteiger partial charge in [-0.2, -0.15) is 4.57 Å². The first-order chi connectivity index (χ1) is 14.2. The number of hydrogen-bond donors (Lipinski definition) is 1. The van der Waals surface area contributed by atoms with Crippen LogP contribution in [0.5, 0.6) is 0 Å². The van der Waals surface area contributed by atoms with Gasteiger partial charge in [0.15, 0.2) is 12.7 Å². The van der Waals surface area contributed by atoms with E-state index in [-0.39, 0.29) is 13.2 Å². The molecule has 1 aliphatic rings. The van der Waals surface area contributed by atoms with Crippen LogP contribution in [0.15, 0.2) is 81.3 Å². The molecule has 1 aromatic heterocycles. The number of nitrogens with zero attached hydrogens (tertiary/aromatic N) is 2. The van der Waals surface area contributed by atoms with Gasteiger partial charge in [0.05, 0.1) is 16.1 Å². The van der Waals surface area contributed by atoms with E-state index in [4.69, 9.17) is 0 Å². The molecule has 0 atom stereocenters. The van der Waals surface area contributed by atoms with Crippen LogP contribution in [0.25, 0.3) is 17.0 Å². The zero-order chi connectivity index (χ0) is 20.2. The van der Waals surface area contributed by atoms with E-state index < -0.39 is 0 Å². The van der Waals surface area contributed by atoms with Crippen molar-refractivity contribution < 1.29 is 14.8 Å². The Morgan fingerprint density at radius 1 is 1.17 bits per heavy atom. The lowest BCUT2D eigenvalue weighted by molar-refractivity contribution is -0.672. The zero-order valence-corrected chi connectivity index (χ0v) is 18.2. The van der Waals surface area contributed by atoms with E-state index in [1.807, 2.05) is 30.5 Å². The van der Waals surface area contributed by atoms with Gasteiger partial charge in [-0.1, -0.05) is 52.0 Å². The smallest absolute Gasteiger partial charge is 0.214 e. The predicted molar refractivity (Wildman–Crippen MR) is 121 cm³/mol. The van der Waals surface area contributed by atoms with Gasteiger partial charge in [-0.15, -0.1) is 6.61 Å². The number of para-hydroxylation sites is 1. The second kappa shape index (κ2) is 9.13. The quantitative estimate of drug-likeness (QED) is 0.560. The topological polar surface area (TPSA) is 50.4 Å². The second-order valence-electron chi connectivity index (χ2n) is 6.64. The molecule has 0 spiro atoms. The molecule has 0 fully saturated rings. The highest BCUT2D eigenvalue weighted by atomic mass is 79.9. The van der Waals surface area contributed by atoms with Gasteiger partial charge >= 0.3 is 0 Å². The molecule has 4 rings (SSSR count). The normalized spacial score (nSPS) is 15.0. The maximum Gasteiger partial charge on any atom is 0.214 e. The van der Waals surface area contributed by atoms with Gasteiger partial charge in [0.25, 0.3) is 0 Å². The van der Waals surface area contributed by atoms with Crippen LogP contribution in [-0.2, 0) is 6.54 Å². The molecule has 6 heteroatoms. The summed E-state index contributed by atoms with van der Waals surface area (Å²) in [5.41, 5.74) is 3.28. The van der Waals surface area contributed by atoms with Crippen molar-refractivity contribution >= 4 is 50.4 Å². The van der Waals surface area contributed by atoms with Crippen molar-refractivity contribution in [3.63, 3.8) is 0 Å². The van der Waals surface area contributed by atoms with Gasteiger partial charge < -0.3 is 15.1 Å². The minimum Gasteiger partial charge on any atom is -0.853 e. The standard InChI is InChI=1S/C23H21BrN2O2S/c24-18-8-9-19-17(10-11-25(12-14-27)21(19)16-18)4-3-7-23-26(13-15-28)20-5-1-2-6-22(20)29-23/h1-11,16,27H,12-15H2. The van der Waals surface area contributed by atoms with Crippen LogP contribution >= 0.6 is 27.7 Å². The van der Waals surface area contributed by atoms with Crippen LogP contribution < -0.4 is 14.6 Å². The molecule has 2 heterocycles. The summed E-state index contributed by atoms with van der Waals surface area (Å²) in [6.07, 6.45) is 8.20. The summed E-state index contributed by atoms with van der Waals surface area (Å²) in [4.78, 5) is 3.27. The molecule has 3 aromatic rings. The van der Waals surface area contributed by atoms with Gasteiger partial charge in [0.1, 0.15) is 6.61 Å². The highest BCUT2D eigenvalue weighted by Crippen LogP contribution is 2.45. The van der Waals surface area contributed by atoms with E-state index in [1.165, 1.54) is 4.90 Å². The van der Waals surface area contributed by atoms with Crippen LogP contribution in [0, 0.1) is 0 Å². The van der Waals surface area contributed by atoms with E-state index >= 15 is 0 Å². The van der Waals surface area contributed by atoms with Crippen LogP contribution in [0.3, 0.4) is 0 Å². The van der Waals surface area contributed by atoms with Crippen molar-refractivity contribution in [2.75, 3.05) is 24.7 Å². The monoisotopic (exact) mass is 468 g/mol. The van der Waals surface area contributed by atoms with Gasteiger partial charge in [-0.05, 0) is 35.9 Å². The Morgan fingerprint density at radius 3 is 2.86 bits per heavy atom. The predicted octanol–water partition coefficient (Wildman–Crippen LogP) is 3.71. The van der Waals surface area contributed by atoms with Crippen LogP contribution in [0.4, 0.5) is 5.69 Å². The molecular formula is C23H21BrN2O2S. The average Bonchev–Trinajstić information content (AvgIpc) is 3.07. The minimum absolute atomic E-state index is 0.0981. The van der Waals surface area contributed by atoms with Crippen molar-refractivity contribution in [1.82, 2.24) is 0 Å². The minimum atomic E-state index is -0.140. The summed E-state index contributed by atoms with van der Waals surface area (Å²) in [5, 5.41) is 22.8. The lowest BCUT2D eigenvalue weighted by Crippen LogP contribution is -2.36. The summed E-state index contributed by atoms with van der Waals surface area (Å²) >= 11 is 5.23. The zero-order valence-electron chi connectivity index (χ0n) is 15.8. The first-order valence-corrected chi connectivity index (χ1v) is 11.1. The van der Waals surface area contributed by atoms with E-state index in [2.05, 4.69) is 67.9 Å². The SMILES string of the molecule is [O-]CCN1/C(=C/C=C/c2cc[n+](CCO)c3cc(Br)ccc23)Sc2ccccc21. The fraction of sp³-hybridized carbons (Fsp3) is 0.174. The number of aliphatic hydroxyl groups is 1. The number of allylic oxidation sites excluding steroid dienone is 2. The summed E-state index contributed by atoms with van der Waals surface area (Å²) in [6, 6.07) is 16.4. The van der Waals surface area contributed by atoms with Crippen molar-refractivity contribution in [2.24, 2.45) is 0 Å². The Labute approximate surface area is 182 Å². The number of thioether (sulfide) groups is 1. The molecule has 2 aromatic carbocycles. The maximum absolute atomic E-state index is 11.3. The molecule has 148 valence electrons. The van der Waals surface area contributed by atoms with Crippen molar-refractivity contribution in [3.8, 4) is 0 Å². The van der Waals surface area contributed by atoms with Gasteiger partial charge in [-0.25, -0.2) is 0 Å². The lowest BCUT2D eigenvalue weighted by atomic mass is 10.1. The molecule has 0 radical (unpaired) electrons. The molecule has 1 N–H and O–H groups in total. The highest BCUT2D eigenvalue weighted by Gasteiger charge is 2.22. The third-order valence-electron chi connectivity index (χ3n) is 4.82. The first-order valence-electron chi connectivity index (χ1n) is 9.45. The number of pyridine rings is 1. The first kappa shape index (κ1) is 20.2. The largest absolute Gasteiger partial charge is 0.853 e. The van der Waals surface area contributed by atoms with Crippen LogP contribution in [0.1, 0.15) is 5.56 Å². The molecule has 0 unspecified atom stereocenters. The number of hydrogen-bond acceptors (Lipinski definition) is 4. The van der Waals surface area contributed by atoms with Crippen molar-refractivity contribution in [2.45, 2.75) is 11.4 Å². The van der Waals surface area contributed by atoms with E-state index in [9.17, 15) is 10.2 Å². The van der Waals surface area contributed by atoms with Crippen LogP contribution in [0.2, 0.25) is 0 Å². The van der Waals surface area contributed by atoms with Crippen molar-refractivity contribution in [1.29, 1.82) is 0 Å². The molecule has 0 bridgehead atoms. The number of fused-ring (bicyclic) bond motifs is 2. The molecule has 0 amide bonds. The number of aromatic nitrogens is 1. The number of aliphatic hydroxyl groups excluding tert-OH is 1. The number of benzene rings is 2. The molecule has 29 heavy (non-hydrogen) atoms.